The third-order valence-corrected chi connectivity index (χ3v) is 4.69. The molecule has 2 atom stereocenters. The molecule has 0 aliphatic rings. The van der Waals surface area contributed by atoms with E-state index in [-0.39, 0.29) is 6.10 Å². The average Bonchev–Trinajstić information content (AvgIpc) is 2.42. The fourth-order valence-electron chi connectivity index (χ4n) is 1.31. The number of thiophene rings is 1. The van der Waals surface area contributed by atoms with Crippen LogP contribution in [0.5, 0.6) is 0 Å². The van der Waals surface area contributed by atoms with Crippen LogP contribution in [0.15, 0.2) is 10.5 Å². The fraction of sp³-hybridized carbons (Fsp3) is 0.636. The van der Waals surface area contributed by atoms with E-state index in [1.165, 1.54) is 4.88 Å². The molecule has 0 fully saturated rings. The van der Waals surface area contributed by atoms with E-state index in [1.54, 1.807) is 11.3 Å². The van der Waals surface area contributed by atoms with E-state index in [4.69, 9.17) is 0 Å². The number of rotatable bonds is 3. The van der Waals surface area contributed by atoms with Crippen molar-refractivity contribution in [2.24, 2.45) is 11.8 Å². The van der Waals surface area contributed by atoms with Gasteiger partial charge in [0.15, 0.2) is 0 Å². The van der Waals surface area contributed by atoms with Crippen molar-refractivity contribution < 1.29 is 5.11 Å². The van der Waals surface area contributed by atoms with Gasteiger partial charge in [-0.05, 0) is 40.8 Å². The van der Waals surface area contributed by atoms with Crippen molar-refractivity contribution in [1.82, 2.24) is 0 Å². The van der Waals surface area contributed by atoms with E-state index in [1.807, 2.05) is 0 Å². The molecule has 0 saturated carbocycles. The summed E-state index contributed by atoms with van der Waals surface area (Å²) in [4.78, 5) is 2.30. The van der Waals surface area contributed by atoms with Gasteiger partial charge in [0.25, 0.3) is 0 Å². The molecule has 0 radical (unpaired) electrons. The average molecular weight is 277 g/mol. The lowest BCUT2D eigenvalue weighted by atomic mass is 9.91. The van der Waals surface area contributed by atoms with Gasteiger partial charge in [-0.15, -0.1) is 11.3 Å². The molecule has 0 aliphatic carbocycles. The van der Waals surface area contributed by atoms with Crippen LogP contribution in [0.3, 0.4) is 0 Å². The summed E-state index contributed by atoms with van der Waals surface area (Å²) in [6.45, 7) is 8.44. The minimum absolute atomic E-state index is 0.296. The lowest BCUT2D eigenvalue weighted by Gasteiger charge is -2.21. The Morgan fingerprint density at radius 2 is 1.93 bits per heavy atom. The summed E-state index contributed by atoms with van der Waals surface area (Å²) >= 11 is 5.16. The summed E-state index contributed by atoms with van der Waals surface area (Å²) in [5.41, 5.74) is 0. The number of aryl methyl sites for hydroxylation is 1. The van der Waals surface area contributed by atoms with Crippen LogP contribution in [-0.2, 0) is 0 Å². The Kier molecular flexibility index (Phi) is 4.16. The Morgan fingerprint density at radius 3 is 2.29 bits per heavy atom. The standard InChI is InChI=1S/C11H17BrOS/c1-6(2)8(4)10(13)11-9(12)5-7(3)14-11/h5-6,8,10,13H,1-4H3. The maximum absolute atomic E-state index is 10.1. The molecule has 1 heterocycles. The van der Waals surface area contributed by atoms with Crippen LogP contribution in [0, 0.1) is 18.8 Å². The minimum atomic E-state index is -0.344. The van der Waals surface area contributed by atoms with Gasteiger partial charge >= 0.3 is 0 Å². The van der Waals surface area contributed by atoms with Crippen LogP contribution in [0.1, 0.15) is 36.6 Å². The van der Waals surface area contributed by atoms with E-state index in [0.717, 1.165) is 9.35 Å². The minimum Gasteiger partial charge on any atom is -0.387 e. The monoisotopic (exact) mass is 276 g/mol. The topological polar surface area (TPSA) is 20.2 Å². The molecule has 0 spiro atoms. The predicted molar refractivity (Wildman–Crippen MR) is 65.7 cm³/mol. The Hall–Kier alpha value is 0.140. The predicted octanol–water partition coefficient (Wildman–Crippen LogP) is 4.14. The molecule has 1 aromatic rings. The van der Waals surface area contributed by atoms with Gasteiger partial charge in [0.1, 0.15) is 0 Å². The highest BCUT2D eigenvalue weighted by atomic mass is 79.9. The third kappa shape index (κ3) is 2.59. The van der Waals surface area contributed by atoms with Gasteiger partial charge in [-0.2, -0.15) is 0 Å². The Labute approximate surface area is 98.3 Å². The normalized spacial score (nSPS) is 15.9. The maximum Gasteiger partial charge on any atom is 0.0921 e. The molecule has 3 heteroatoms. The van der Waals surface area contributed by atoms with Crippen LogP contribution in [0.2, 0.25) is 0 Å². The van der Waals surface area contributed by atoms with Crippen molar-refractivity contribution in [1.29, 1.82) is 0 Å². The molecule has 14 heavy (non-hydrogen) atoms. The zero-order chi connectivity index (χ0) is 10.9. The number of aliphatic hydroxyl groups excluding tert-OH is 1. The maximum atomic E-state index is 10.1. The molecule has 0 aromatic carbocycles. The first-order chi connectivity index (χ1) is 6.43. The Morgan fingerprint density at radius 1 is 1.36 bits per heavy atom. The lowest BCUT2D eigenvalue weighted by Crippen LogP contribution is -2.14. The summed E-state index contributed by atoms with van der Waals surface area (Å²) in [6, 6.07) is 2.07. The van der Waals surface area contributed by atoms with Gasteiger partial charge in [0.2, 0.25) is 0 Å². The van der Waals surface area contributed by atoms with Crippen LogP contribution in [0.4, 0.5) is 0 Å². The summed E-state index contributed by atoms with van der Waals surface area (Å²) in [5, 5.41) is 10.1. The van der Waals surface area contributed by atoms with Gasteiger partial charge in [0, 0.05) is 14.2 Å². The Balaban J connectivity index is 2.88. The van der Waals surface area contributed by atoms with Gasteiger partial charge in [-0.25, -0.2) is 0 Å². The molecular formula is C11H17BrOS. The number of halogens is 1. The van der Waals surface area contributed by atoms with Gasteiger partial charge in [-0.1, -0.05) is 20.8 Å². The zero-order valence-electron chi connectivity index (χ0n) is 9.04. The molecule has 0 bridgehead atoms. The van der Waals surface area contributed by atoms with Crippen molar-refractivity contribution in [2.75, 3.05) is 0 Å². The molecule has 0 saturated heterocycles. The summed E-state index contributed by atoms with van der Waals surface area (Å²) in [5.74, 6) is 0.795. The smallest absolute Gasteiger partial charge is 0.0921 e. The number of hydrogen-bond donors (Lipinski definition) is 1. The second-order valence-electron chi connectivity index (χ2n) is 4.12. The largest absolute Gasteiger partial charge is 0.387 e. The first-order valence-corrected chi connectivity index (χ1v) is 6.48. The Bertz CT molecular complexity index is 306. The second-order valence-corrected chi connectivity index (χ2v) is 6.26. The number of aliphatic hydroxyl groups is 1. The van der Waals surface area contributed by atoms with Crippen molar-refractivity contribution in [3.63, 3.8) is 0 Å². The van der Waals surface area contributed by atoms with Crippen LogP contribution in [0.25, 0.3) is 0 Å². The van der Waals surface area contributed by atoms with Crippen molar-refractivity contribution in [2.45, 2.75) is 33.8 Å². The van der Waals surface area contributed by atoms with Crippen LogP contribution < -0.4 is 0 Å². The highest BCUT2D eigenvalue weighted by Gasteiger charge is 2.22. The van der Waals surface area contributed by atoms with Gasteiger partial charge in [0.05, 0.1) is 6.10 Å². The van der Waals surface area contributed by atoms with Crippen LogP contribution in [-0.4, -0.2) is 5.11 Å². The molecular weight excluding hydrogens is 260 g/mol. The van der Waals surface area contributed by atoms with Crippen LogP contribution >= 0.6 is 27.3 Å². The number of hydrogen-bond acceptors (Lipinski definition) is 2. The first-order valence-electron chi connectivity index (χ1n) is 4.87. The SMILES string of the molecule is Cc1cc(Br)c(C(O)C(C)C(C)C)s1. The van der Waals surface area contributed by atoms with E-state index in [0.29, 0.717) is 11.8 Å². The first kappa shape index (κ1) is 12.2. The highest BCUT2D eigenvalue weighted by Crippen LogP contribution is 2.37. The molecule has 0 amide bonds. The molecule has 1 N–H and O–H groups in total. The van der Waals surface area contributed by atoms with Gasteiger partial charge in [-0.3, -0.25) is 0 Å². The van der Waals surface area contributed by atoms with E-state index < -0.39 is 0 Å². The van der Waals surface area contributed by atoms with E-state index >= 15 is 0 Å². The van der Waals surface area contributed by atoms with Crippen molar-refractivity contribution in [3.8, 4) is 0 Å². The quantitative estimate of drug-likeness (QED) is 0.880. The summed E-state index contributed by atoms with van der Waals surface area (Å²) in [7, 11) is 0. The molecule has 1 aromatic heterocycles. The lowest BCUT2D eigenvalue weighted by molar-refractivity contribution is 0.0947. The van der Waals surface area contributed by atoms with Crippen molar-refractivity contribution >= 4 is 27.3 Å². The highest BCUT2D eigenvalue weighted by molar-refractivity contribution is 9.10. The van der Waals surface area contributed by atoms with E-state index in [2.05, 4.69) is 49.7 Å². The van der Waals surface area contributed by atoms with Crippen molar-refractivity contribution in [3.05, 3.63) is 20.3 Å². The molecule has 0 aliphatic heterocycles. The van der Waals surface area contributed by atoms with E-state index in [9.17, 15) is 5.11 Å². The molecule has 2 unspecified atom stereocenters. The molecule has 1 rings (SSSR count). The molecule has 80 valence electrons. The zero-order valence-corrected chi connectivity index (χ0v) is 11.4. The molecule has 1 nitrogen and oxygen atoms in total. The second kappa shape index (κ2) is 4.77. The third-order valence-electron chi connectivity index (χ3n) is 2.65. The fourth-order valence-corrected chi connectivity index (χ4v) is 3.29. The summed E-state index contributed by atoms with van der Waals surface area (Å²) in [6.07, 6.45) is -0.344. The summed E-state index contributed by atoms with van der Waals surface area (Å²) < 4.78 is 1.04. The van der Waals surface area contributed by atoms with Gasteiger partial charge < -0.3 is 5.11 Å².